The molecule has 0 saturated carbocycles. The first-order chi connectivity index (χ1) is 9.38. The number of nitrogens with one attached hydrogen (secondary N) is 2. The summed E-state index contributed by atoms with van der Waals surface area (Å²) in [6.45, 7) is 0.131. The third-order valence-electron chi connectivity index (χ3n) is 3.04. The predicted molar refractivity (Wildman–Crippen MR) is 69.1 cm³/mol. The van der Waals surface area contributed by atoms with E-state index in [-0.39, 0.29) is 24.6 Å². The Labute approximate surface area is 115 Å². The molecule has 1 unspecified atom stereocenters. The van der Waals surface area contributed by atoms with Crippen molar-refractivity contribution in [3.63, 3.8) is 0 Å². The normalized spacial score (nSPS) is 19.6. The van der Waals surface area contributed by atoms with E-state index in [4.69, 9.17) is 0 Å². The molecule has 1 heterocycles. The van der Waals surface area contributed by atoms with Crippen LogP contribution in [-0.2, 0) is 19.8 Å². The molecule has 2 rings (SSSR count). The number of hydrogen-bond donors (Lipinski definition) is 2. The van der Waals surface area contributed by atoms with E-state index < -0.39 is 26.9 Å². The molecule has 1 aliphatic heterocycles. The molecule has 1 saturated heterocycles. The van der Waals surface area contributed by atoms with Crippen LogP contribution in [0, 0.1) is 5.92 Å². The Hall–Kier alpha value is -1.96. The molecule has 2 amide bonds. The van der Waals surface area contributed by atoms with Gasteiger partial charge >= 0.3 is 10.2 Å². The molecular weight excluding hydrogens is 287 g/mol. The van der Waals surface area contributed by atoms with Crippen molar-refractivity contribution in [2.24, 2.45) is 5.92 Å². The van der Waals surface area contributed by atoms with Gasteiger partial charge in [0.15, 0.2) is 0 Å². The Morgan fingerprint density at radius 2 is 2.00 bits per heavy atom. The van der Waals surface area contributed by atoms with Crippen molar-refractivity contribution in [2.45, 2.75) is 17.7 Å². The van der Waals surface area contributed by atoms with Crippen molar-refractivity contribution < 1.29 is 21.9 Å². The number of hydrogen-bond acceptors (Lipinski definition) is 5. The predicted octanol–water partition coefficient (Wildman–Crippen LogP) is 0.809. The number of benzene rings is 1. The summed E-state index contributed by atoms with van der Waals surface area (Å²) in [7, 11) is -4.83. The molecule has 6 nitrogen and oxygen atoms in total. The van der Waals surface area contributed by atoms with E-state index >= 15 is 0 Å². The van der Waals surface area contributed by atoms with E-state index in [2.05, 4.69) is 10.6 Å². The minimum atomic E-state index is -4.83. The van der Waals surface area contributed by atoms with Crippen molar-refractivity contribution >= 4 is 27.7 Å². The maximum atomic E-state index is 13.1. The molecule has 0 aliphatic carbocycles. The molecule has 0 radical (unpaired) electrons. The summed E-state index contributed by atoms with van der Waals surface area (Å²) in [6.07, 6.45) is 0.614. The molecular formula is C12H13FN2O4S. The van der Waals surface area contributed by atoms with Gasteiger partial charge in [-0.05, 0) is 18.6 Å². The molecule has 1 aromatic rings. The number of imide groups is 1. The van der Waals surface area contributed by atoms with Gasteiger partial charge in [0.05, 0.1) is 11.6 Å². The third kappa shape index (κ3) is 3.32. The lowest BCUT2D eigenvalue weighted by Crippen LogP contribution is -2.43. The first-order valence-electron chi connectivity index (χ1n) is 5.99. The Bertz CT molecular complexity index is 645. The molecule has 2 N–H and O–H groups in total. The fourth-order valence-corrected chi connectivity index (χ4v) is 2.64. The molecule has 8 heteroatoms. The number of carbonyl (C=O) groups excluding carboxylic acids is 2. The van der Waals surface area contributed by atoms with Crippen LogP contribution >= 0.6 is 0 Å². The molecule has 0 aromatic heterocycles. The van der Waals surface area contributed by atoms with Crippen LogP contribution < -0.4 is 10.6 Å². The van der Waals surface area contributed by atoms with Gasteiger partial charge in [-0.1, -0.05) is 12.1 Å². The number of rotatable bonds is 4. The van der Waals surface area contributed by atoms with Crippen molar-refractivity contribution in [3.05, 3.63) is 24.3 Å². The van der Waals surface area contributed by atoms with E-state index in [1.54, 1.807) is 6.07 Å². The summed E-state index contributed by atoms with van der Waals surface area (Å²) in [6, 6.07) is 5.52. The maximum Gasteiger partial charge on any atom is 0.334 e. The number of carbonyl (C=O) groups is 2. The highest BCUT2D eigenvalue weighted by molar-refractivity contribution is 7.86. The van der Waals surface area contributed by atoms with E-state index in [0.29, 0.717) is 6.42 Å². The number of para-hydroxylation sites is 1. The average molecular weight is 300 g/mol. The number of piperidine rings is 1. The van der Waals surface area contributed by atoms with E-state index in [1.165, 1.54) is 12.1 Å². The topological polar surface area (TPSA) is 92.3 Å². The van der Waals surface area contributed by atoms with Crippen LogP contribution in [0.3, 0.4) is 0 Å². The Kier molecular flexibility index (Phi) is 4.03. The number of amides is 2. The second kappa shape index (κ2) is 5.58. The zero-order chi connectivity index (χ0) is 14.8. The van der Waals surface area contributed by atoms with Gasteiger partial charge in [-0.15, -0.1) is 3.89 Å². The lowest BCUT2D eigenvalue weighted by molar-refractivity contribution is -0.135. The van der Waals surface area contributed by atoms with Crippen molar-refractivity contribution in [1.29, 1.82) is 0 Å². The van der Waals surface area contributed by atoms with Gasteiger partial charge in [-0.3, -0.25) is 14.9 Å². The average Bonchev–Trinajstić information content (AvgIpc) is 2.37. The molecule has 1 atom stereocenters. The summed E-state index contributed by atoms with van der Waals surface area (Å²) in [4.78, 5) is 22.1. The standard InChI is InChI=1S/C12H13FN2O4S/c13-20(18,19)10-4-2-1-3-9(10)14-7-8-5-6-11(16)15-12(8)17/h1-4,8,14H,5-7H2,(H,15,16,17). The van der Waals surface area contributed by atoms with Gasteiger partial charge in [-0.25, -0.2) is 0 Å². The summed E-state index contributed by atoms with van der Waals surface area (Å²) in [5.41, 5.74) is 0.0969. The zero-order valence-corrected chi connectivity index (χ0v) is 11.2. The number of halogens is 1. The summed E-state index contributed by atoms with van der Waals surface area (Å²) >= 11 is 0. The SMILES string of the molecule is O=C1CCC(CNc2ccccc2S(=O)(=O)F)C(=O)N1. The smallest absolute Gasteiger partial charge is 0.334 e. The molecule has 20 heavy (non-hydrogen) atoms. The molecule has 0 spiro atoms. The quantitative estimate of drug-likeness (QED) is 0.634. The largest absolute Gasteiger partial charge is 0.383 e. The van der Waals surface area contributed by atoms with Crippen LogP contribution in [0.4, 0.5) is 9.57 Å². The van der Waals surface area contributed by atoms with Crippen LogP contribution in [0.15, 0.2) is 29.2 Å². The Morgan fingerprint density at radius 3 is 2.65 bits per heavy atom. The van der Waals surface area contributed by atoms with Crippen molar-refractivity contribution in [3.8, 4) is 0 Å². The molecule has 108 valence electrons. The van der Waals surface area contributed by atoms with Gasteiger partial charge in [0, 0.05) is 13.0 Å². The minimum Gasteiger partial charge on any atom is -0.383 e. The van der Waals surface area contributed by atoms with Gasteiger partial charge < -0.3 is 5.32 Å². The zero-order valence-electron chi connectivity index (χ0n) is 10.4. The lowest BCUT2D eigenvalue weighted by atomic mass is 9.98. The molecule has 1 fully saturated rings. The highest BCUT2D eigenvalue weighted by Crippen LogP contribution is 2.23. The molecule has 0 bridgehead atoms. The van der Waals surface area contributed by atoms with Crippen molar-refractivity contribution in [2.75, 3.05) is 11.9 Å². The van der Waals surface area contributed by atoms with Crippen LogP contribution in [0.2, 0.25) is 0 Å². The van der Waals surface area contributed by atoms with E-state index in [1.807, 2.05) is 0 Å². The first kappa shape index (κ1) is 14.4. The van der Waals surface area contributed by atoms with Crippen LogP contribution in [-0.4, -0.2) is 26.8 Å². The fourth-order valence-electron chi connectivity index (χ4n) is 1.99. The van der Waals surface area contributed by atoms with Gasteiger partial charge in [0.1, 0.15) is 4.90 Å². The summed E-state index contributed by atoms with van der Waals surface area (Å²) < 4.78 is 35.0. The van der Waals surface area contributed by atoms with Gasteiger partial charge in [-0.2, -0.15) is 8.42 Å². The first-order valence-corrected chi connectivity index (χ1v) is 7.37. The maximum absolute atomic E-state index is 13.1. The lowest BCUT2D eigenvalue weighted by Gasteiger charge is -2.21. The number of anilines is 1. The summed E-state index contributed by atoms with van der Waals surface area (Å²) in [5, 5.41) is 4.94. The Morgan fingerprint density at radius 1 is 1.30 bits per heavy atom. The van der Waals surface area contributed by atoms with Crippen LogP contribution in [0.1, 0.15) is 12.8 Å². The third-order valence-corrected chi connectivity index (χ3v) is 3.92. The minimum absolute atomic E-state index is 0.0969. The fraction of sp³-hybridized carbons (Fsp3) is 0.333. The van der Waals surface area contributed by atoms with Gasteiger partial charge in [0.2, 0.25) is 11.8 Å². The Balaban J connectivity index is 2.09. The second-order valence-electron chi connectivity index (χ2n) is 4.46. The van der Waals surface area contributed by atoms with E-state index in [9.17, 15) is 21.9 Å². The molecule has 1 aromatic carbocycles. The van der Waals surface area contributed by atoms with Crippen LogP contribution in [0.25, 0.3) is 0 Å². The van der Waals surface area contributed by atoms with E-state index in [0.717, 1.165) is 6.07 Å². The summed E-state index contributed by atoms with van der Waals surface area (Å²) in [5.74, 6) is -1.18. The molecule has 1 aliphatic rings. The van der Waals surface area contributed by atoms with Crippen molar-refractivity contribution in [1.82, 2.24) is 5.32 Å². The van der Waals surface area contributed by atoms with Gasteiger partial charge in [0.25, 0.3) is 0 Å². The van der Waals surface area contributed by atoms with Crippen LogP contribution in [0.5, 0.6) is 0 Å². The highest BCUT2D eigenvalue weighted by Gasteiger charge is 2.26. The second-order valence-corrected chi connectivity index (χ2v) is 5.78. The monoisotopic (exact) mass is 300 g/mol. The highest BCUT2D eigenvalue weighted by atomic mass is 32.3.